The predicted molar refractivity (Wildman–Crippen MR) is 171 cm³/mol. The maximum absolute atomic E-state index is 13.5. The Morgan fingerprint density at radius 3 is 2.33 bits per heavy atom. The van der Waals surface area contributed by atoms with Gasteiger partial charge in [-0.25, -0.2) is 8.42 Å². The molecule has 42 heavy (non-hydrogen) atoms. The monoisotopic (exact) mass is 600 g/mol. The van der Waals surface area contributed by atoms with E-state index in [0.29, 0.717) is 29.3 Å². The third-order valence-electron chi connectivity index (χ3n) is 10.3. The number of ether oxygens (including phenoxy) is 3. The van der Waals surface area contributed by atoms with Gasteiger partial charge < -0.3 is 14.2 Å². The van der Waals surface area contributed by atoms with Gasteiger partial charge in [0.2, 0.25) is 0 Å². The second-order valence-corrected chi connectivity index (χ2v) is 15.6. The minimum Gasteiger partial charge on any atom is -0.374 e. The SMILES string of the molecule is C=C1C[C@H](CCCC)OC1CC[C@H]1C[C@@H](C)C(=C)C(CC2O[C@H](C[C@H](C)CC)[C@H](C)[C@H]2CS(=O)(=O)c2ccccc2)O1. The van der Waals surface area contributed by atoms with Crippen molar-refractivity contribution in [2.45, 2.75) is 140 Å². The van der Waals surface area contributed by atoms with Crippen LogP contribution in [0.4, 0.5) is 0 Å². The van der Waals surface area contributed by atoms with Crippen LogP contribution in [0.25, 0.3) is 0 Å². The lowest BCUT2D eigenvalue weighted by Crippen LogP contribution is -2.38. The molecule has 1 aromatic carbocycles. The van der Waals surface area contributed by atoms with Crippen molar-refractivity contribution >= 4 is 9.84 Å². The van der Waals surface area contributed by atoms with Crippen molar-refractivity contribution < 1.29 is 22.6 Å². The van der Waals surface area contributed by atoms with Crippen LogP contribution in [-0.4, -0.2) is 50.8 Å². The molecule has 3 aliphatic rings. The van der Waals surface area contributed by atoms with Crippen LogP contribution in [0.15, 0.2) is 59.5 Å². The molecule has 3 aliphatic heterocycles. The Balaban J connectivity index is 1.43. The Morgan fingerprint density at radius 1 is 0.929 bits per heavy atom. The van der Waals surface area contributed by atoms with E-state index >= 15 is 0 Å². The summed E-state index contributed by atoms with van der Waals surface area (Å²) >= 11 is 0. The standard InChI is InChI=1S/C36H56O5S/c1-8-10-14-29-21-26(5)33(39-29)18-17-30-20-25(4)27(6)35(40-30)22-36-32(28(7)34(41-36)19-24(3)9-2)23-42(37,38)31-15-12-11-13-16-31/h11-13,15-16,24-25,28-30,32-36H,5-6,8-10,14,17-23H2,1-4,7H3/t24-,25-,28-,29+,30+,32-,33?,34-,35?,36?/m1/s1. The van der Waals surface area contributed by atoms with Gasteiger partial charge >= 0.3 is 0 Å². The van der Waals surface area contributed by atoms with Crippen molar-refractivity contribution in [2.24, 2.45) is 23.7 Å². The Labute approximate surface area is 256 Å². The molecule has 5 nitrogen and oxygen atoms in total. The van der Waals surface area contributed by atoms with E-state index in [0.717, 1.165) is 50.5 Å². The highest BCUT2D eigenvalue weighted by Gasteiger charge is 2.46. The van der Waals surface area contributed by atoms with Gasteiger partial charge in [-0.2, -0.15) is 0 Å². The number of hydrogen-bond donors (Lipinski definition) is 0. The predicted octanol–water partition coefficient (Wildman–Crippen LogP) is 8.34. The molecule has 10 atom stereocenters. The van der Waals surface area contributed by atoms with Crippen LogP contribution in [-0.2, 0) is 24.0 Å². The second-order valence-electron chi connectivity index (χ2n) is 13.6. The first-order chi connectivity index (χ1) is 20.0. The first-order valence-corrected chi connectivity index (χ1v) is 18.3. The Hall–Kier alpha value is -1.47. The maximum Gasteiger partial charge on any atom is 0.178 e. The van der Waals surface area contributed by atoms with Gasteiger partial charge in [-0.1, -0.05) is 85.2 Å². The molecule has 3 heterocycles. The zero-order valence-electron chi connectivity index (χ0n) is 26.8. The van der Waals surface area contributed by atoms with Gasteiger partial charge in [-0.3, -0.25) is 0 Å². The van der Waals surface area contributed by atoms with Gasteiger partial charge in [0.15, 0.2) is 9.84 Å². The molecule has 0 radical (unpaired) electrons. The average molecular weight is 601 g/mol. The van der Waals surface area contributed by atoms with Crippen LogP contribution in [0.3, 0.4) is 0 Å². The van der Waals surface area contributed by atoms with Gasteiger partial charge in [0, 0.05) is 12.3 Å². The highest BCUT2D eigenvalue weighted by atomic mass is 32.2. The third-order valence-corrected chi connectivity index (χ3v) is 12.1. The van der Waals surface area contributed by atoms with Crippen molar-refractivity contribution in [3.63, 3.8) is 0 Å². The molecule has 0 saturated carbocycles. The fourth-order valence-electron chi connectivity index (χ4n) is 7.22. The molecule has 3 unspecified atom stereocenters. The molecule has 0 amide bonds. The summed E-state index contributed by atoms with van der Waals surface area (Å²) in [6.07, 6.45) is 10.3. The summed E-state index contributed by atoms with van der Waals surface area (Å²) in [6.45, 7) is 19.9. The second kappa shape index (κ2) is 15.0. The summed E-state index contributed by atoms with van der Waals surface area (Å²) in [5, 5.41) is 0. The molecule has 0 aromatic heterocycles. The maximum atomic E-state index is 13.5. The third kappa shape index (κ3) is 8.37. The van der Waals surface area contributed by atoms with Crippen LogP contribution >= 0.6 is 0 Å². The van der Waals surface area contributed by atoms with E-state index < -0.39 is 9.84 Å². The van der Waals surface area contributed by atoms with E-state index in [-0.39, 0.29) is 48.1 Å². The van der Waals surface area contributed by atoms with Gasteiger partial charge in [-0.05, 0) is 79.6 Å². The summed E-state index contributed by atoms with van der Waals surface area (Å²) in [5.41, 5.74) is 2.34. The molecule has 6 heteroatoms. The van der Waals surface area contributed by atoms with Crippen molar-refractivity contribution in [2.75, 3.05) is 5.75 Å². The van der Waals surface area contributed by atoms with Gasteiger partial charge in [0.05, 0.1) is 47.3 Å². The summed E-state index contributed by atoms with van der Waals surface area (Å²) in [7, 11) is -3.44. The molecular weight excluding hydrogens is 544 g/mol. The minimum atomic E-state index is -3.44. The number of benzene rings is 1. The van der Waals surface area contributed by atoms with Crippen molar-refractivity contribution in [3.8, 4) is 0 Å². The van der Waals surface area contributed by atoms with E-state index in [2.05, 4.69) is 47.8 Å². The van der Waals surface area contributed by atoms with Crippen LogP contribution in [0.5, 0.6) is 0 Å². The summed E-state index contributed by atoms with van der Waals surface area (Å²) in [5.74, 6) is 1.03. The molecule has 3 saturated heterocycles. The molecular formula is C36H56O5S. The lowest BCUT2D eigenvalue weighted by atomic mass is 9.81. The first kappa shape index (κ1) is 33.4. The summed E-state index contributed by atoms with van der Waals surface area (Å²) < 4.78 is 46.9. The smallest absolute Gasteiger partial charge is 0.178 e. The lowest BCUT2D eigenvalue weighted by Gasteiger charge is -2.38. The summed E-state index contributed by atoms with van der Waals surface area (Å²) in [6, 6.07) is 8.85. The van der Waals surface area contributed by atoms with Crippen molar-refractivity contribution in [1.82, 2.24) is 0 Å². The molecule has 0 N–H and O–H groups in total. The number of sulfone groups is 1. The fourth-order valence-corrected chi connectivity index (χ4v) is 9.01. The number of hydrogen-bond acceptors (Lipinski definition) is 5. The number of unbranched alkanes of at least 4 members (excludes halogenated alkanes) is 1. The highest BCUT2D eigenvalue weighted by Crippen LogP contribution is 2.43. The molecule has 0 bridgehead atoms. The van der Waals surface area contributed by atoms with Crippen LogP contribution < -0.4 is 0 Å². The Kier molecular flexibility index (Phi) is 11.9. The van der Waals surface area contributed by atoms with Crippen molar-refractivity contribution in [3.05, 3.63) is 54.6 Å². The topological polar surface area (TPSA) is 61.8 Å². The zero-order chi connectivity index (χ0) is 30.4. The Bertz CT molecular complexity index is 1130. The zero-order valence-corrected chi connectivity index (χ0v) is 27.6. The molecule has 0 aliphatic carbocycles. The van der Waals surface area contributed by atoms with E-state index in [4.69, 9.17) is 14.2 Å². The van der Waals surface area contributed by atoms with Crippen molar-refractivity contribution in [1.29, 1.82) is 0 Å². The number of rotatable bonds is 14. The van der Waals surface area contributed by atoms with E-state index in [1.165, 1.54) is 18.4 Å². The minimum absolute atomic E-state index is 0.0529. The normalized spacial score (nSPS) is 34.6. The van der Waals surface area contributed by atoms with Gasteiger partial charge in [0.1, 0.15) is 0 Å². The molecule has 236 valence electrons. The quantitative estimate of drug-likeness (QED) is 0.201. The van der Waals surface area contributed by atoms with E-state index in [1.807, 2.05) is 6.07 Å². The Morgan fingerprint density at radius 2 is 1.64 bits per heavy atom. The first-order valence-electron chi connectivity index (χ1n) is 16.6. The van der Waals surface area contributed by atoms with Gasteiger partial charge in [-0.15, -0.1) is 0 Å². The van der Waals surface area contributed by atoms with E-state index in [1.54, 1.807) is 24.3 Å². The molecule has 0 spiro atoms. The van der Waals surface area contributed by atoms with Crippen LogP contribution in [0.2, 0.25) is 0 Å². The summed E-state index contributed by atoms with van der Waals surface area (Å²) in [4.78, 5) is 0.390. The lowest BCUT2D eigenvalue weighted by molar-refractivity contribution is -0.0737. The van der Waals surface area contributed by atoms with Crippen LogP contribution in [0.1, 0.15) is 98.8 Å². The fraction of sp³-hybridized carbons (Fsp3) is 0.722. The largest absolute Gasteiger partial charge is 0.374 e. The molecule has 4 rings (SSSR count). The molecule has 1 aromatic rings. The average Bonchev–Trinajstić information content (AvgIpc) is 3.46. The van der Waals surface area contributed by atoms with Gasteiger partial charge in [0.25, 0.3) is 0 Å². The highest BCUT2D eigenvalue weighted by molar-refractivity contribution is 7.91. The van der Waals surface area contributed by atoms with Crippen LogP contribution in [0, 0.1) is 23.7 Å². The molecule has 3 fully saturated rings. The van der Waals surface area contributed by atoms with E-state index in [9.17, 15) is 8.42 Å².